The molecule has 4 nitrogen and oxygen atoms in total. The van der Waals surface area contributed by atoms with Gasteiger partial charge in [-0.2, -0.15) is 5.10 Å². The van der Waals surface area contributed by atoms with Gasteiger partial charge in [-0.3, -0.25) is 4.79 Å². The number of aryl methyl sites for hydroxylation is 2. The maximum atomic E-state index is 12.6. The number of hydrogen-bond acceptors (Lipinski definition) is 3. The Morgan fingerprint density at radius 1 is 1.30 bits per heavy atom. The van der Waals surface area contributed by atoms with Gasteiger partial charge in [-0.1, -0.05) is 31.2 Å². The summed E-state index contributed by atoms with van der Waals surface area (Å²) in [7, 11) is 0. The summed E-state index contributed by atoms with van der Waals surface area (Å²) in [6, 6.07) is 7.53. The second-order valence-electron chi connectivity index (χ2n) is 5.18. The molecule has 1 aromatic carbocycles. The van der Waals surface area contributed by atoms with Crippen LogP contribution >= 0.6 is 0 Å². The zero-order chi connectivity index (χ0) is 14.9. The number of aromatic hydroxyl groups is 1. The Kier molecular flexibility index (Phi) is 3.93. The third-order valence-electron chi connectivity index (χ3n) is 3.40. The van der Waals surface area contributed by atoms with Crippen LogP contribution in [0.5, 0.6) is 5.75 Å². The van der Waals surface area contributed by atoms with Crippen molar-refractivity contribution in [2.24, 2.45) is 0 Å². The smallest absolute Gasteiger partial charge is 0.278 e. The predicted octanol–water partition coefficient (Wildman–Crippen LogP) is 3.07. The van der Waals surface area contributed by atoms with Crippen LogP contribution in [0.3, 0.4) is 0 Å². The fourth-order valence-electron chi connectivity index (χ4n) is 2.27. The van der Waals surface area contributed by atoms with Crippen molar-refractivity contribution in [3.8, 4) is 16.9 Å². The molecule has 1 aromatic heterocycles. The maximum absolute atomic E-state index is 12.6. The van der Waals surface area contributed by atoms with Gasteiger partial charge in [-0.25, -0.2) is 4.68 Å². The fourth-order valence-corrected chi connectivity index (χ4v) is 2.27. The average Bonchev–Trinajstić information content (AvgIpc) is 2.41. The molecule has 0 spiro atoms. The van der Waals surface area contributed by atoms with E-state index >= 15 is 0 Å². The van der Waals surface area contributed by atoms with Gasteiger partial charge in [0.05, 0.1) is 11.6 Å². The Hall–Kier alpha value is -2.10. The van der Waals surface area contributed by atoms with E-state index in [1.54, 1.807) is 0 Å². The lowest BCUT2D eigenvalue weighted by Crippen LogP contribution is -2.27. The zero-order valence-electron chi connectivity index (χ0n) is 12.3. The molecule has 1 N–H and O–H groups in total. The lowest BCUT2D eigenvalue weighted by Gasteiger charge is -2.15. The van der Waals surface area contributed by atoms with Crippen LogP contribution in [0.1, 0.15) is 38.1 Å². The summed E-state index contributed by atoms with van der Waals surface area (Å²) in [6.45, 7) is 7.66. The summed E-state index contributed by atoms with van der Waals surface area (Å²) in [5.41, 5.74) is 2.38. The van der Waals surface area contributed by atoms with Crippen molar-refractivity contribution in [2.75, 3.05) is 0 Å². The first-order chi connectivity index (χ1) is 9.47. The number of hydrogen-bond donors (Lipinski definition) is 1. The lowest BCUT2D eigenvalue weighted by atomic mass is 10.00. The molecule has 106 valence electrons. The molecule has 0 bridgehead atoms. The SMILES string of the molecule is CCc1nn(C(C)C)c(=O)c(-c2ccccc2C)c1O. The molecule has 1 heterocycles. The highest BCUT2D eigenvalue weighted by molar-refractivity contribution is 5.72. The molecule has 0 saturated heterocycles. The van der Waals surface area contributed by atoms with Crippen LogP contribution in [0.25, 0.3) is 11.1 Å². The van der Waals surface area contributed by atoms with Gasteiger partial charge >= 0.3 is 0 Å². The first-order valence-electron chi connectivity index (χ1n) is 6.88. The third kappa shape index (κ3) is 2.33. The Morgan fingerprint density at radius 2 is 1.95 bits per heavy atom. The van der Waals surface area contributed by atoms with Crippen LogP contribution in [-0.2, 0) is 6.42 Å². The molecular weight excluding hydrogens is 252 g/mol. The first-order valence-corrected chi connectivity index (χ1v) is 6.88. The molecule has 0 atom stereocenters. The van der Waals surface area contributed by atoms with E-state index in [4.69, 9.17) is 0 Å². The first kappa shape index (κ1) is 14.3. The van der Waals surface area contributed by atoms with E-state index in [-0.39, 0.29) is 17.4 Å². The van der Waals surface area contributed by atoms with Gasteiger partial charge in [0.1, 0.15) is 5.69 Å². The van der Waals surface area contributed by atoms with Crippen LogP contribution in [0.2, 0.25) is 0 Å². The minimum Gasteiger partial charge on any atom is -0.505 e. The molecule has 0 radical (unpaired) electrons. The van der Waals surface area contributed by atoms with E-state index in [2.05, 4.69) is 5.10 Å². The van der Waals surface area contributed by atoms with Crippen LogP contribution in [0.15, 0.2) is 29.1 Å². The van der Waals surface area contributed by atoms with Crippen molar-refractivity contribution < 1.29 is 5.11 Å². The highest BCUT2D eigenvalue weighted by Gasteiger charge is 2.19. The van der Waals surface area contributed by atoms with E-state index in [9.17, 15) is 9.90 Å². The molecule has 0 aliphatic rings. The maximum Gasteiger partial charge on any atom is 0.278 e. The Balaban J connectivity index is 2.85. The Bertz CT molecular complexity index is 687. The molecular formula is C16H20N2O2. The normalized spacial score (nSPS) is 11.1. The highest BCUT2D eigenvalue weighted by Crippen LogP contribution is 2.30. The lowest BCUT2D eigenvalue weighted by molar-refractivity contribution is 0.437. The molecule has 0 fully saturated rings. The summed E-state index contributed by atoms with van der Waals surface area (Å²) >= 11 is 0. The van der Waals surface area contributed by atoms with Gasteiger partial charge in [-0.05, 0) is 38.3 Å². The van der Waals surface area contributed by atoms with E-state index in [1.807, 2.05) is 52.0 Å². The van der Waals surface area contributed by atoms with Crippen LogP contribution in [-0.4, -0.2) is 14.9 Å². The second-order valence-corrected chi connectivity index (χ2v) is 5.18. The number of rotatable bonds is 3. The van der Waals surface area contributed by atoms with Crippen molar-refractivity contribution in [2.45, 2.75) is 40.2 Å². The van der Waals surface area contributed by atoms with E-state index in [1.165, 1.54) is 4.68 Å². The van der Waals surface area contributed by atoms with Gasteiger partial charge in [-0.15, -0.1) is 0 Å². The molecule has 2 aromatic rings. The fraction of sp³-hybridized carbons (Fsp3) is 0.375. The topological polar surface area (TPSA) is 55.1 Å². The molecule has 0 saturated carbocycles. The van der Waals surface area contributed by atoms with E-state index < -0.39 is 0 Å². The van der Waals surface area contributed by atoms with Gasteiger partial charge < -0.3 is 5.11 Å². The largest absolute Gasteiger partial charge is 0.505 e. The summed E-state index contributed by atoms with van der Waals surface area (Å²) in [5.74, 6) is 0.00343. The predicted molar refractivity (Wildman–Crippen MR) is 80.1 cm³/mol. The summed E-state index contributed by atoms with van der Waals surface area (Å²) in [5, 5.41) is 14.6. The van der Waals surface area contributed by atoms with E-state index in [0.717, 1.165) is 11.1 Å². The average molecular weight is 272 g/mol. The van der Waals surface area contributed by atoms with Crippen LogP contribution in [0.4, 0.5) is 0 Å². The van der Waals surface area contributed by atoms with Crippen LogP contribution in [0, 0.1) is 6.92 Å². The van der Waals surface area contributed by atoms with Crippen molar-refractivity contribution in [1.82, 2.24) is 9.78 Å². The number of nitrogens with zero attached hydrogens (tertiary/aromatic N) is 2. The molecule has 2 rings (SSSR count). The summed E-state index contributed by atoms with van der Waals surface area (Å²) < 4.78 is 1.44. The summed E-state index contributed by atoms with van der Waals surface area (Å²) in [4.78, 5) is 12.6. The van der Waals surface area contributed by atoms with Crippen molar-refractivity contribution in [1.29, 1.82) is 0 Å². The number of benzene rings is 1. The molecule has 20 heavy (non-hydrogen) atoms. The van der Waals surface area contributed by atoms with Gasteiger partial charge in [0.2, 0.25) is 0 Å². The Morgan fingerprint density at radius 3 is 2.50 bits per heavy atom. The third-order valence-corrected chi connectivity index (χ3v) is 3.40. The second kappa shape index (κ2) is 5.49. The quantitative estimate of drug-likeness (QED) is 0.934. The molecule has 4 heteroatoms. The van der Waals surface area contributed by atoms with Gasteiger partial charge in [0, 0.05) is 0 Å². The molecule has 0 amide bonds. The van der Waals surface area contributed by atoms with Crippen molar-refractivity contribution >= 4 is 0 Å². The van der Waals surface area contributed by atoms with E-state index in [0.29, 0.717) is 17.7 Å². The van der Waals surface area contributed by atoms with Crippen molar-refractivity contribution in [3.05, 3.63) is 45.9 Å². The van der Waals surface area contributed by atoms with Gasteiger partial charge in [0.25, 0.3) is 5.56 Å². The minimum absolute atomic E-state index is 0.00343. The van der Waals surface area contributed by atoms with Crippen molar-refractivity contribution in [3.63, 3.8) is 0 Å². The molecule has 0 aliphatic carbocycles. The highest BCUT2D eigenvalue weighted by atomic mass is 16.3. The summed E-state index contributed by atoms with van der Waals surface area (Å²) in [6.07, 6.45) is 0.581. The van der Waals surface area contributed by atoms with Gasteiger partial charge in [0.15, 0.2) is 5.75 Å². The monoisotopic (exact) mass is 272 g/mol. The molecule has 0 aliphatic heterocycles. The standard InChI is InChI=1S/C16H20N2O2/c1-5-13-15(19)14(12-9-7-6-8-11(12)4)16(20)18(17-13)10(2)3/h6-10,19H,5H2,1-4H3. The minimum atomic E-state index is -0.246. The Labute approximate surface area is 118 Å². The van der Waals surface area contributed by atoms with Crippen LogP contribution < -0.4 is 5.56 Å². The molecule has 0 unspecified atom stereocenters. The number of aromatic nitrogens is 2. The zero-order valence-corrected chi connectivity index (χ0v) is 12.3.